The smallest absolute Gasteiger partial charge is 0.159 e. The molecular formula is C7H14NO3S-. The van der Waals surface area contributed by atoms with Crippen molar-refractivity contribution in [3.05, 3.63) is 0 Å². The summed E-state index contributed by atoms with van der Waals surface area (Å²) in [6.45, 7) is 2.14. The number of nitrogens with one attached hydrogen (secondary N) is 1. The molecule has 0 spiro atoms. The zero-order valence-corrected chi connectivity index (χ0v) is 7.93. The maximum absolute atomic E-state index is 10.3. The van der Waals surface area contributed by atoms with Crippen molar-refractivity contribution in [2.45, 2.75) is 38.6 Å². The summed E-state index contributed by atoms with van der Waals surface area (Å²) in [6.07, 6.45) is 3.60. The topological polar surface area (TPSA) is 69.2 Å². The van der Waals surface area contributed by atoms with E-state index in [1.54, 1.807) is 0 Å². The van der Waals surface area contributed by atoms with E-state index in [0.29, 0.717) is 5.92 Å². The fourth-order valence-corrected chi connectivity index (χ4v) is 2.23. The van der Waals surface area contributed by atoms with Crippen molar-refractivity contribution in [2.75, 3.05) is 0 Å². The lowest BCUT2D eigenvalue weighted by Crippen LogP contribution is -2.36. The monoisotopic (exact) mass is 192 g/mol. The molecule has 0 aromatic rings. The van der Waals surface area contributed by atoms with Crippen molar-refractivity contribution in [1.82, 2.24) is 4.72 Å². The van der Waals surface area contributed by atoms with Gasteiger partial charge < -0.3 is 4.55 Å². The second-order valence-electron chi connectivity index (χ2n) is 3.53. The van der Waals surface area contributed by atoms with Crippen LogP contribution in [0.4, 0.5) is 0 Å². The summed E-state index contributed by atoms with van der Waals surface area (Å²) < 4.78 is 33.0. The first-order chi connectivity index (χ1) is 5.47. The summed E-state index contributed by atoms with van der Waals surface area (Å²) in [7, 11) is -4.24. The Morgan fingerprint density at radius 1 is 1.25 bits per heavy atom. The lowest BCUT2D eigenvalue weighted by molar-refractivity contribution is 0.322. The molecule has 0 radical (unpaired) electrons. The summed E-state index contributed by atoms with van der Waals surface area (Å²) in [5.41, 5.74) is 0. The highest BCUT2D eigenvalue weighted by Gasteiger charge is 2.18. The summed E-state index contributed by atoms with van der Waals surface area (Å²) >= 11 is 0. The van der Waals surface area contributed by atoms with Gasteiger partial charge in [-0.05, 0) is 31.6 Å². The fourth-order valence-electron chi connectivity index (χ4n) is 1.58. The minimum atomic E-state index is -4.24. The average Bonchev–Trinajstić information content (AvgIpc) is 1.91. The lowest BCUT2D eigenvalue weighted by Gasteiger charge is -2.27. The standard InChI is InChI=1S/C7H15NO3S/c1-6-2-4-7(5-3-6)8-12(9,10)11/h6-8H,2-5H2,1H3,(H,9,10,11)/p-1. The molecule has 1 N–H and O–H groups in total. The molecule has 0 unspecified atom stereocenters. The van der Waals surface area contributed by atoms with E-state index in [-0.39, 0.29) is 6.04 Å². The minimum Gasteiger partial charge on any atom is -0.735 e. The molecule has 0 aromatic heterocycles. The van der Waals surface area contributed by atoms with Gasteiger partial charge in [0.2, 0.25) is 0 Å². The molecule has 0 atom stereocenters. The quantitative estimate of drug-likeness (QED) is 0.652. The van der Waals surface area contributed by atoms with Gasteiger partial charge in [-0.3, -0.25) is 0 Å². The van der Waals surface area contributed by atoms with E-state index >= 15 is 0 Å². The zero-order valence-electron chi connectivity index (χ0n) is 7.12. The average molecular weight is 192 g/mol. The highest BCUT2D eigenvalue weighted by molar-refractivity contribution is 7.83. The van der Waals surface area contributed by atoms with Gasteiger partial charge in [-0.15, -0.1) is 0 Å². The SMILES string of the molecule is CC1CCC(NS(=O)(=O)[O-])CC1. The Kier molecular flexibility index (Phi) is 3.09. The van der Waals surface area contributed by atoms with Crippen molar-refractivity contribution in [1.29, 1.82) is 0 Å². The Morgan fingerprint density at radius 3 is 2.17 bits per heavy atom. The van der Waals surface area contributed by atoms with Crippen LogP contribution in [0.2, 0.25) is 0 Å². The first-order valence-electron chi connectivity index (χ1n) is 4.20. The second kappa shape index (κ2) is 3.72. The van der Waals surface area contributed by atoms with Crippen molar-refractivity contribution in [3.8, 4) is 0 Å². The van der Waals surface area contributed by atoms with Gasteiger partial charge in [0.1, 0.15) is 0 Å². The third-order valence-electron chi connectivity index (χ3n) is 2.33. The highest BCUT2D eigenvalue weighted by Crippen LogP contribution is 2.23. The molecule has 1 aliphatic rings. The van der Waals surface area contributed by atoms with Crippen LogP contribution in [0.25, 0.3) is 0 Å². The van der Waals surface area contributed by atoms with E-state index in [1.807, 2.05) is 0 Å². The minimum absolute atomic E-state index is 0.122. The van der Waals surface area contributed by atoms with Gasteiger partial charge in [-0.25, -0.2) is 13.1 Å². The molecule has 12 heavy (non-hydrogen) atoms. The van der Waals surface area contributed by atoms with Crippen LogP contribution >= 0.6 is 0 Å². The van der Waals surface area contributed by atoms with Gasteiger partial charge in [0.15, 0.2) is 10.3 Å². The molecule has 0 saturated heterocycles. The third-order valence-corrected chi connectivity index (χ3v) is 2.95. The van der Waals surface area contributed by atoms with Crippen molar-refractivity contribution < 1.29 is 13.0 Å². The number of rotatable bonds is 2. The highest BCUT2D eigenvalue weighted by atomic mass is 32.2. The molecule has 5 heteroatoms. The summed E-state index contributed by atoms with van der Waals surface area (Å²) in [6, 6.07) is -0.122. The Labute approximate surface area is 73.2 Å². The molecule has 1 aliphatic carbocycles. The third kappa shape index (κ3) is 3.51. The van der Waals surface area contributed by atoms with Crippen LogP contribution in [0.1, 0.15) is 32.6 Å². The normalized spacial score (nSPS) is 31.8. The van der Waals surface area contributed by atoms with Gasteiger partial charge in [0.25, 0.3) is 0 Å². The second-order valence-corrected chi connectivity index (χ2v) is 4.67. The van der Waals surface area contributed by atoms with Crippen molar-refractivity contribution >= 4 is 10.3 Å². The predicted octanol–water partition coefficient (Wildman–Crippen LogP) is 0.615. The van der Waals surface area contributed by atoms with E-state index in [1.165, 1.54) is 0 Å². The fraction of sp³-hybridized carbons (Fsp3) is 1.00. The summed E-state index contributed by atoms with van der Waals surface area (Å²) in [5, 5.41) is 0. The summed E-state index contributed by atoms with van der Waals surface area (Å²) in [4.78, 5) is 0. The molecule has 72 valence electrons. The van der Waals surface area contributed by atoms with Crippen LogP contribution in [0.5, 0.6) is 0 Å². The molecule has 0 aliphatic heterocycles. The van der Waals surface area contributed by atoms with E-state index in [0.717, 1.165) is 25.7 Å². The Hall–Kier alpha value is -0.130. The molecule has 4 nitrogen and oxygen atoms in total. The molecule has 0 bridgehead atoms. The molecule has 1 rings (SSSR count). The van der Waals surface area contributed by atoms with Crippen LogP contribution in [0.3, 0.4) is 0 Å². The van der Waals surface area contributed by atoms with E-state index in [9.17, 15) is 13.0 Å². The molecule has 0 heterocycles. The van der Waals surface area contributed by atoms with E-state index in [4.69, 9.17) is 0 Å². The Bertz CT molecular complexity index is 229. The predicted molar refractivity (Wildman–Crippen MR) is 44.3 cm³/mol. The maximum Gasteiger partial charge on any atom is 0.159 e. The molecule has 1 fully saturated rings. The first-order valence-corrected chi connectivity index (χ1v) is 5.61. The van der Waals surface area contributed by atoms with Gasteiger partial charge in [-0.1, -0.05) is 6.92 Å². The Morgan fingerprint density at radius 2 is 1.75 bits per heavy atom. The molecule has 0 amide bonds. The lowest BCUT2D eigenvalue weighted by atomic mass is 9.88. The number of hydrogen-bond donors (Lipinski definition) is 1. The van der Waals surface area contributed by atoms with E-state index < -0.39 is 10.3 Å². The number of hydrogen-bond acceptors (Lipinski definition) is 3. The van der Waals surface area contributed by atoms with Crippen molar-refractivity contribution in [2.24, 2.45) is 5.92 Å². The van der Waals surface area contributed by atoms with Gasteiger partial charge >= 0.3 is 0 Å². The van der Waals surface area contributed by atoms with Crippen molar-refractivity contribution in [3.63, 3.8) is 0 Å². The van der Waals surface area contributed by atoms with E-state index in [2.05, 4.69) is 11.6 Å². The van der Waals surface area contributed by atoms with Crippen LogP contribution in [-0.4, -0.2) is 19.0 Å². The van der Waals surface area contributed by atoms with Crippen LogP contribution in [0, 0.1) is 5.92 Å². The van der Waals surface area contributed by atoms with Crippen LogP contribution < -0.4 is 4.72 Å². The van der Waals surface area contributed by atoms with Crippen LogP contribution in [-0.2, 0) is 10.3 Å². The summed E-state index contributed by atoms with van der Waals surface area (Å²) in [5.74, 6) is 0.664. The van der Waals surface area contributed by atoms with Gasteiger partial charge in [0.05, 0.1) is 0 Å². The Balaban J connectivity index is 2.36. The van der Waals surface area contributed by atoms with Gasteiger partial charge in [-0.2, -0.15) is 0 Å². The largest absolute Gasteiger partial charge is 0.735 e. The van der Waals surface area contributed by atoms with Crippen LogP contribution in [0.15, 0.2) is 0 Å². The zero-order chi connectivity index (χ0) is 9.19. The first kappa shape index (κ1) is 9.95. The van der Waals surface area contributed by atoms with Gasteiger partial charge in [0, 0.05) is 6.04 Å². The maximum atomic E-state index is 10.3. The molecule has 0 aromatic carbocycles. The molecular weight excluding hydrogens is 178 g/mol. The molecule has 1 saturated carbocycles.